The van der Waals surface area contributed by atoms with Gasteiger partial charge in [-0.25, -0.2) is 10.8 Å². The van der Waals surface area contributed by atoms with Crippen molar-refractivity contribution in [2.45, 2.75) is 6.92 Å². The average molecular weight is 188 g/mol. The van der Waals surface area contributed by atoms with E-state index in [0.717, 1.165) is 16.5 Å². The maximum Gasteiger partial charge on any atom is 0.164 e. The number of nitrogens with two attached hydrogens (primary N) is 2. The van der Waals surface area contributed by atoms with Crippen LogP contribution in [0.5, 0.6) is 0 Å². The van der Waals surface area contributed by atoms with Gasteiger partial charge in [-0.1, -0.05) is 18.2 Å². The molecule has 0 aliphatic carbocycles. The van der Waals surface area contributed by atoms with E-state index in [1.807, 2.05) is 31.2 Å². The summed E-state index contributed by atoms with van der Waals surface area (Å²) in [7, 11) is 0. The summed E-state index contributed by atoms with van der Waals surface area (Å²) < 4.78 is 0. The van der Waals surface area contributed by atoms with Gasteiger partial charge in [-0.3, -0.25) is 0 Å². The van der Waals surface area contributed by atoms with E-state index in [1.165, 1.54) is 0 Å². The van der Waals surface area contributed by atoms with Crippen molar-refractivity contribution in [3.8, 4) is 0 Å². The Kier molecular flexibility index (Phi) is 1.98. The number of nitrogen functional groups attached to an aromatic ring is 2. The number of benzene rings is 1. The minimum Gasteiger partial charge on any atom is -0.395 e. The van der Waals surface area contributed by atoms with Crippen LogP contribution in [0.2, 0.25) is 0 Å². The highest BCUT2D eigenvalue weighted by molar-refractivity contribution is 5.90. The number of para-hydroxylation sites is 1. The van der Waals surface area contributed by atoms with Crippen LogP contribution in [0.1, 0.15) is 5.56 Å². The lowest BCUT2D eigenvalue weighted by Gasteiger charge is -2.09. The van der Waals surface area contributed by atoms with Gasteiger partial charge in [-0.15, -0.1) is 0 Å². The van der Waals surface area contributed by atoms with E-state index in [9.17, 15) is 0 Å². The number of anilines is 2. The van der Waals surface area contributed by atoms with E-state index in [4.69, 9.17) is 11.6 Å². The van der Waals surface area contributed by atoms with Crippen LogP contribution in [0, 0.1) is 6.92 Å². The third-order valence-electron chi connectivity index (χ3n) is 2.34. The van der Waals surface area contributed by atoms with Crippen molar-refractivity contribution in [2.24, 2.45) is 5.84 Å². The number of pyridine rings is 1. The molecule has 0 fully saturated rings. The average Bonchev–Trinajstić information content (AvgIpc) is 2.23. The minimum atomic E-state index is 0.529. The normalized spacial score (nSPS) is 10.4. The second-order valence-electron chi connectivity index (χ2n) is 3.16. The molecule has 0 atom stereocenters. The van der Waals surface area contributed by atoms with Gasteiger partial charge in [-0.2, -0.15) is 0 Å². The Hall–Kier alpha value is -1.81. The molecule has 2 aromatic rings. The van der Waals surface area contributed by atoms with Gasteiger partial charge in [0.05, 0.1) is 11.2 Å². The molecule has 1 heterocycles. The Morgan fingerprint density at radius 2 is 2.00 bits per heavy atom. The molecule has 4 nitrogen and oxygen atoms in total. The lowest BCUT2D eigenvalue weighted by atomic mass is 10.1. The van der Waals surface area contributed by atoms with Crippen molar-refractivity contribution in [1.29, 1.82) is 0 Å². The van der Waals surface area contributed by atoms with Crippen LogP contribution < -0.4 is 17.0 Å². The van der Waals surface area contributed by atoms with Crippen LogP contribution in [0.3, 0.4) is 0 Å². The van der Waals surface area contributed by atoms with E-state index in [-0.39, 0.29) is 0 Å². The van der Waals surface area contributed by atoms with Crippen molar-refractivity contribution >= 4 is 22.4 Å². The Morgan fingerprint density at radius 1 is 1.29 bits per heavy atom. The predicted molar refractivity (Wildman–Crippen MR) is 58.7 cm³/mol. The number of nitrogens with zero attached hydrogens (tertiary/aromatic N) is 1. The molecule has 72 valence electrons. The molecule has 1 aromatic carbocycles. The smallest absolute Gasteiger partial charge is 0.164 e. The first-order chi connectivity index (χ1) is 6.74. The van der Waals surface area contributed by atoms with Crippen molar-refractivity contribution in [3.05, 3.63) is 29.8 Å². The van der Waals surface area contributed by atoms with Gasteiger partial charge in [0.15, 0.2) is 5.82 Å². The number of rotatable bonds is 1. The molecule has 0 radical (unpaired) electrons. The fourth-order valence-electron chi connectivity index (χ4n) is 1.50. The standard InChI is InChI=1S/C10H12N4/c1-6-7-4-2-3-5-8(7)13-10(14-12)9(6)11/h2-5H,11-12H2,1H3,(H,13,14). The first-order valence-electron chi connectivity index (χ1n) is 4.35. The molecule has 0 bridgehead atoms. The monoisotopic (exact) mass is 188 g/mol. The van der Waals surface area contributed by atoms with Gasteiger partial charge in [0.25, 0.3) is 0 Å². The molecule has 0 amide bonds. The van der Waals surface area contributed by atoms with E-state index >= 15 is 0 Å². The zero-order valence-corrected chi connectivity index (χ0v) is 7.91. The Balaban J connectivity index is 2.85. The number of fused-ring (bicyclic) bond motifs is 1. The summed E-state index contributed by atoms with van der Waals surface area (Å²) in [5.41, 5.74) is 10.8. The molecule has 0 saturated heterocycles. The molecule has 4 heteroatoms. The fourth-order valence-corrected chi connectivity index (χ4v) is 1.50. The summed E-state index contributed by atoms with van der Waals surface area (Å²) in [4.78, 5) is 4.29. The first-order valence-corrected chi connectivity index (χ1v) is 4.35. The summed E-state index contributed by atoms with van der Waals surface area (Å²) >= 11 is 0. The van der Waals surface area contributed by atoms with Gasteiger partial charge in [0, 0.05) is 5.39 Å². The van der Waals surface area contributed by atoms with Gasteiger partial charge in [0.2, 0.25) is 0 Å². The number of nitrogens with one attached hydrogen (secondary N) is 1. The summed E-state index contributed by atoms with van der Waals surface area (Å²) in [6.07, 6.45) is 0. The van der Waals surface area contributed by atoms with Crippen LogP contribution in [0.15, 0.2) is 24.3 Å². The van der Waals surface area contributed by atoms with Crippen molar-refractivity contribution in [2.75, 3.05) is 11.2 Å². The summed E-state index contributed by atoms with van der Waals surface area (Å²) in [5.74, 6) is 5.85. The lowest BCUT2D eigenvalue weighted by molar-refractivity contribution is 1.25. The van der Waals surface area contributed by atoms with E-state index in [1.54, 1.807) is 0 Å². The highest BCUT2D eigenvalue weighted by Gasteiger charge is 2.06. The van der Waals surface area contributed by atoms with Gasteiger partial charge < -0.3 is 11.2 Å². The minimum absolute atomic E-state index is 0.529. The zero-order valence-electron chi connectivity index (χ0n) is 7.91. The molecular weight excluding hydrogens is 176 g/mol. The molecule has 0 saturated carbocycles. The van der Waals surface area contributed by atoms with E-state index in [2.05, 4.69) is 10.4 Å². The van der Waals surface area contributed by atoms with E-state index in [0.29, 0.717) is 11.5 Å². The number of hydrogen-bond donors (Lipinski definition) is 3. The lowest BCUT2D eigenvalue weighted by Crippen LogP contribution is -2.12. The largest absolute Gasteiger partial charge is 0.395 e. The van der Waals surface area contributed by atoms with Gasteiger partial charge in [-0.05, 0) is 18.6 Å². The molecule has 1 aromatic heterocycles. The topological polar surface area (TPSA) is 77.0 Å². The van der Waals surface area contributed by atoms with Crippen LogP contribution in [-0.2, 0) is 0 Å². The quantitative estimate of drug-likeness (QED) is 0.467. The van der Waals surface area contributed by atoms with Gasteiger partial charge >= 0.3 is 0 Å². The number of hydrazine groups is 1. The Bertz CT molecular complexity index is 479. The van der Waals surface area contributed by atoms with Crippen molar-refractivity contribution in [3.63, 3.8) is 0 Å². The summed E-state index contributed by atoms with van der Waals surface area (Å²) in [6, 6.07) is 7.83. The maximum atomic E-state index is 5.85. The summed E-state index contributed by atoms with van der Waals surface area (Å²) in [5, 5.41) is 1.06. The number of aromatic nitrogens is 1. The maximum absolute atomic E-state index is 5.85. The molecule has 5 N–H and O–H groups in total. The van der Waals surface area contributed by atoms with Crippen molar-refractivity contribution in [1.82, 2.24) is 4.98 Å². The fraction of sp³-hybridized carbons (Fsp3) is 0.100. The molecule has 0 aliphatic heterocycles. The van der Waals surface area contributed by atoms with Crippen LogP contribution in [0.4, 0.5) is 11.5 Å². The second kappa shape index (κ2) is 3.16. The highest BCUT2D eigenvalue weighted by Crippen LogP contribution is 2.26. The number of hydrogen-bond acceptors (Lipinski definition) is 4. The Labute approximate surface area is 81.9 Å². The third-order valence-corrected chi connectivity index (χ3v) is 2.34. The highest BCUT2D eigenvalue weighted by atomic mass is 15.3. The zero-order chi connectivity index (χ0) is 10.1. The van der Waals surface area contributed by atoms with Crippen molar-refractivity contribution < 1.29 is 0 Å². The van der Waals surface area contributed by atoms with Crippen LogP contribution in [0.25, 0.3) is 10.9 Å². The SMILES string of the molecule is Cc1c(N)c(NN)nc2ccccc12. The van der Waals surface area contributed by atoms with Crippen LogP contribution in [-0.4, -0.2) is 4.98 Å². The third kappa shape index (κ3) is 1.16. The first kappa shape index (κ1) is 8.77. The molecule has 2 rings (SSSR count). The molecular formula is C10H12N4. The number of aryl methyl sites for hydroxylation is 1. The molecule has 0 unspecified atom stereocenters. The molecule has 0 spiro atoms. The Morgan fingerprint density at radius 3 is 2.71 bits per heavy atom. The molecule has 14 heavy (non-hydrogen) atoms. The van der Waals surface area contributed by atoms with Gasteiger partial charge in [0.1, 0.15) is 0 Å². The second-order valence-corrected chi connectivity index (χ2v) is 3.16. The van der Waals surface area contributed by atoms with E-state index < -0.39 is 0 Å². The molecule has 0 aliphatic rings. The van der Waals surface area contributed by atoms with Crippen LogP contribution >= 0.6 is 0 Å². The summed E-state index contributed by atoms with van der Waals surface area (Å²) in [6.45, 7) is 1.96. The predicted octanol–water partition coefficient (Wildman–Crippen LogP) is 1.41.